The number of fused-ring (bicyclic) bond motifs is 2. The lowest BCUT2D eigenvalue weighted by Gasteiger charge is -2.13. The smallest absolute Gasteiger partial charge is 0.324 e. The van der Waals surface area contributed by atoms with E-state index in [1.165, 1.54) is 23.5 Å². The van der Waals surface area contributed by atoms with Crippen LogP contribution in [-0.4, -0.2) is 37.6 Å². The van der Waals surface area contributed by atoms with E-state index in [2.05, 4.69) is 10.1 Å². The first-order valence-corrected chi connectivity index (χ1v) is 9.92. The summed E-state index contributed by atoms with van der Waals surface area (Å²) < 4.78 is 1.58. The fraction of sp³-hybridized carbons (Fsp3) is 0.0952. The lowest BCUT2D eigenvalue weighted by Crippen LogP contribution is -2.32. The van der Waals surface area contributed by atoms with E-state index in [4.69, 9.17) is 4.84 Å². The maximum Gasteiger partial charge on any atom is 0.364 e. The third-order valence-electron chi connectivity index (χ3n) is 4.89. The van der Waals surface area contributed by atoms with E-state index in [0.717, 1.165) is 4.88 Å². The zero-order valence-corrected chi connectivity index (χ0v) is 16.8. The molecule has 0 aliphatic carbocycles. The number of amides is 2. The molecule has 0 unspecified atom stereocenters. The standard InChI is InChI=1S/C21H14N4O4S/c1-11-17-14(10-15(16-8-5-9-30-16)22-18(17)24(2)23-11)21(28)29-25-19(26)12-6-3-4-7-13(12)20(25)27/h3-10H,1-2H3. The highest BCUT2D eigenvalue weighted by molar-refractivity contribution is 7.13. The molecule has 1 aliphatic rings. The van der Waals surface area contributed by atoms with E-state index in [9.17, 15) is 14.4 Å². The molecule has 4 aromatic rings. The van der Waals surface area contributed by atoms with Crippen molar-refractivity contribution in [3.8, 4) is 10.6 Å². The van der Waals surface area contributed by atoms with Crippen LogP contribution >= 0.6 is 11.3 Å². The average molecular weight is 418 g/mol. The van der Waals surface area contributed by atoms with Gasteiger partial charge in [0.05, 0.1) is 38.3 Å². The van der Waals surface area contributed by atoms with Crippen LogP contribution in [0.15, 0.2) is 47.8 Å². The lowest BCUT2D eigenvalue weighted by molar-refractivity contribution is -0.0583. The number of hydrogen-bond donors (Lipinski definition) is 0. The normalized spacial score (nSPS) is 13.2. The predicted molar refractivity (Wildman–Crippen MR) is 109 cm³/mol. The number of hydroxylamine groups is 2. The molecule has 3 aromatic heterocycles. The summed E-state index contributed by atoms with van der Waals surface area (Å²) in [5.41, 5.74) is 2.26. The Morgan fingerprint density at radius 2 is 1.77 bits per heavy atom. The van der Waals surface area contributed by atoms with E-state index in [1.807, 2.05) is 17.5 Å². The molecule has 0 radical (unpaired) electrons. The number of nitrogens with zero attached hydrogens (tertiary/aromatic N) is 4. The van der Waals surface area contributed by atoms with Crippen molar-refractivity contribution >= 4 is 40.2 Å². The molecule has 0 bridgehead atoms. The van der Waals surface area contributed by atoms with Crippen molar-refractivity contribution in [3.63, 3.8) is 0 Å². The summed E-state index contributed by atoms with van der Waals surface area (Å²) >= 11 is 1.48. The van der Waals surface area contributed by atoms with E-state index in [1.54, 1.807) is 36.9 Å². The Hall–Kier alpha value is -3.85. The molecule has 0 N–H and O–H groups in total. The number of thiophene rings is 1. The van der Waals surface area contributed by atoms with Gasteiger partial charge in [0.25, 0.3) is 11.8 Å². The maximum atomic E-state index is 13.1. The summed E-state index contributed by atoms with van der Waals surface area (Å²) in [5.74, 6) is -2.17. The summed E-state index contributed by atoms with van der Waals surface area (Å²) in [7, 11) is 1.74. The van der Waals surface area contributed by atoms with Gasteiger partial charge in [-0.15, -0.1) is 11.3 Å². The van der Waals surface area contributed by atoms with Gasteiger partial charge in [0.15, 0.2) is 5.65 Å². The first-order chi connectivity index (χ1) is 14.5. The van der Waals surface area contributed by atoms with Gasteiger partial charge in [0, 0.05) is 7.05 Å². The molecule has 0 fully saturated rings. The van der Waals surface area contributed by atoms with Crippen LogP contribution in [0.25, 0.3) is 21.6 Å². The lowest BCUT2D eigenvalue weighted by atomic mass is 10.1. The van der Waals surface area contributed by atoms with Gasteiger partial charge in [0.1, 0.15) is 0 Å². The van der Waals surface area contributed by atoms with Gasteiger partial charge in [-0.05, 0) is 36.6 Å². The van der Waals surface area contributed by atoms with Crippen molar-refractivity contribution in [1.82, 2.24) is 19.8 Å². The zero-order valence-electron chi connectivity index (χ0n) is 15.9. The van der Waals surface area contributed by atoms with Crippen LogP contribution in [0, 0.1) is 6.92 Å². The first kappa shape index (κ1) is 18.2. The maximum absolute atomic E-state index is 13.1. The molecule has 30 heavy (non-hydrogen) atoms. The van der Waals surface area contributed by atoms with Gasteiger partial charge in [-0.25, -0.2) is 9.78 Å². The molecule has 8 nitrogen and oxygen atoms in total. The third-order valence-corrected chi connectivity index (χ3v) is 5.79. The summed E-state index contributed by atoms with van der Waals surface area (Å²) in [5, 5.41) is 7.28. The number of aryl methyl sites for hydroxylation is 2. The number of aromatic nitrogens is 3. The van der Waals surface area contributed by atoms with Crippen LogP contribution in [-0.2, 0) is 11.9 Å². The van der Waals surface area contributed by atoms with Crippen molar-refractivity contribution in [2.45, 2.75) is 6.92 Å². The van der Waals surface area contributed by atoms with Crippen molar-refractivity contribution < 1.29 is 19.2 Å². The van der Waals surface area contributed by atoms with Gasteiger partial charge >= 0.3 is 5.97 Å². The molecular formula is C21H14N4O4S. The predicted octanol–water partition coefficient (Wildman–Crippen LogP) is 3.37. The van der Waals surface area contributed by atoms with Crippen molar-refractivity contribution in [2.24, 2.45) is 7.05 Å². The molecular weight excluding hydrogens is 404 g/mol. The second kappa shape index (κ2) is 6.60. The molecule has 5 rings (SSSR count). The van der Waals surface area contributed by atoms with Crippen LogP contribution in [0.1, 0.15) is 36.8 Å². The SMILES string of the molecule is Cc1nn(C)c2nc(-c3cccs3)cc(C(=O)ON3C(=O)c4ccccc4C3=O)c12. The number of carbonyl (C=O) groups is 3. The topological polar surface area (TPSA) is 94.4 Å². The Kier molecular flexibility index (Phi) is 4.00. The van der Waals surface area contributed by atoms with Gasteiger partial charge in [-0.2, -0.15) is 5.10 Å². The highest BCUT2D eigenvalue weighted by atomic mass is 32.1. The molecule has 4 heterocycles. The fourth-order valence-corrected chi connectivity index (χ4v) is 4.22. The Morgan fingerprint density at radius 3 is 2.40 bits per heavy atom. The average Bonchev–Trinajstić information content (AvgIpc) is 3.44. The number of pyridine rings is 1. The van der Waals surface area contributed by atoms with Crippen molar-refractivity contribution in [3.05, 3.63) is 70.2 Å². The molecule has 0 saturated carbocycles. The Balaban J connectivity index is 1.59. The molecule has 9 heteroatoms. The second-order valence-corrected chi connectivity index (χ2v) is 7.72. The van der Waals surface area contributed by atoms with E-state index in [0.29, 0.717) is 27.5 Å². The Bertz CT molecular complexity index is 1320. The number of carbonyl (C=O) groups excluding carboxylic acids is 3. The van der Waals surface area contributed by atoms with Gasteiger partial charge in [-0.1, -0.05) is 23.3 Å². The van der Waals surface area contributed by atoms with Gasteiger partial charge in [-0.3, -0.25) is 14.3 Å². The summed E-state index contributed by atoms with van der Waals surface area (Å²) in [4.78, 5) is 49.0. The minimum absolute atomic E-state index is 0.186. The monoisotopic (exact) mass is 418 g/mol. The quantitative estimate of drug-likeness (QED) is 0.474. The summed E-state index contributed by atoms with van der Waals surface area (Å²) in [6.07, 6.45) is 0. The minimum atomic E-state index is -0.828. The van der Waals surface area contributed by atoms with Gasteiger partial charge in [0.2, 0.25) is 0 Å². The second-order valence-electron chi connectivity index (χ2n) is 6.77. The highest BCUT2D eigenvalue weighted by Gasteiger charge is 2.39. The van der Waals surface area contributed by atoms with Crippen LogP contribution in [0.2, 0.25) is 0 Å². The third kappa shape index (κ3) is 2.63. The number of rotatable bonds is 3. The number of imide groups is 1. The highest BCUT2D eigenvalue weighted by Crippen LogP contribution is 2.30. The van der Waals surface area contributed by atoms with Crippen LogP contribution < -0.4 is 0 Å². The molecule has 1 aromatic carbocycles. The Morgan fingerprint density at radius 1 is 1.07 bits per heavy atom. The summed E-state index contributed by atoms with van der Waals surface area (Å²) in [6.45, 7) is 1.76. The van der Waals surface area contributed by atoms with Crippen molar-refractivity contribution in [1.29, 1.82) is 0 Å². The molecule has 0 atom stereocenters. The van der Waals surface area contributed by atoms with Crippen LogP contribution in [0.4, 0.5) is 0 Å². The van der Waals surface area contributed by atoms with E-state index < -0.39 is 17.8 Å². The largest absolute Gasteiger partial charge is 0.364 e. The fourth-order valence-electron chi connectivity index (χ4n) is 3.54. The van der Waals surface area contributed by atoms with Crippen LogP contribution in [0.3, 0.4) is 0 Å². The van der Waals surface area contributed by atoms with E-state index in [-0.39, 0.29) is 16.7 Å². The number of hydrogen-bond acceptors (Lipinski definition) is 7. The minimum Gasteiger partial charge on any atom is -0.324 e. The molecule has 0 spiro atoms. The van der Waals surface area contributed by atoms with Gasteiger partial charge < -0.3 is 4.84 Å². The molecule has 1 aliphatic heterocycles. The summed E-state index contributed by atoms with van der Waals surface area (Å²) in [6, 6.07) is 11.7. The Labute approximate surface area is 174 Å². The molecule has 148 valence electrons. The first-order valence-electron chi connectivity index (χ1n) is 9.04. The number of benzene rings is 1. The van der Waals surface area contributed by atoms with E-state index >= 15 is 0 Å². The molecule has 2 amide bonds. The molecule has 0 saturated heterocycles. The zero-order chi connectivity index (χ0) is 21.0. The van der Waals surface area contributed by atoms with Crippen LogP contribution in [0.5, 0.6) is 0 Å². The van der Waals surface area contributed by atoms with Crippen molar-refractivity contribution in [2.75, 3.05) is 0 Å².